The number of aromatic nitrogens is 2. The topological polar surface area (TPSA) is 76.1 Å². The van der Waals surface area contributed by atoms with Crippen LogP contribution in [-0.2, 0) is 13.0 Å². The van der Waals surface area contributed by atoms with Crippen LogP contribution in [0, 0.1) is 0 Å². The van der Waals surface area contributed by atoms with Gasteiger partial charge in [0.2, 0.25) is 0 Å². The van der Waals surface area contributed by atoms with Crippen LogP contribution in [0.4, 0.5) is 5.82 Å². The number of hydrogen-bond donors (Lipinski definition) is 2. The number of carbonyl (C=O) groups is 1. The number of anilines is 1. The summed E-state index contributed by atoms with van der Waals surface area (Å²) < 4.78 is 5.35. The summed E-state index contributed by atoms with van der Waals surface area (Å²) >= 11 is 0. The Morgan fingerprint density at radius 2 is 1.89 bits per heavy atom. The number of amides is 1. The highest BCUT2D eigenvalue weighted by atomic mass is 16.5. The van der Waals surface area contributed by atoms with E-state index in [4.69, 9.17) is 4.74 Å². The third kappa shape index (κ3) is 5.28. The largest absolute Gasteiger partial charge is 0.496 e. The number of methoxy groups -OCH3 is 1. The Morgan fingerprint density at radius 1 is 1.04 bits per heavy atom. The molecule has 3 aromatic rings. The van der Waals surface area contributed by atoms with Gasteiger partial charge in [-0.15, -0.1) is 0 Å². The minimum atomic E-state index is -0.172. The summed E-state index contributed by atoms with van der Waals surface area (Å²) in [6, 6.07) is 17.1. The second kappa shape index (κ2) is 9.33. The van der Waals surface area contributed by atoms with Gasteiger partial charge in [0.1, 0.15) is 11.6 Å². The molecule has 0 atom stereocenters. The fraction of sp³-hybridized carbons (Fsp3) is 0.190. The van der Waals surface area contributed by atoms with Crippen LogP contribution in [0.25, 0.3) is 0 Å². The average molecular weight is 362 g/mol. The van der Waals surface area contributed by atoms with Gasteiger partial charge in [-0.05, 0) is 42.3 Å². The highest BCUT2D eigenvalue weighted by Crippen LogP contribution is 2.17. The molecule has 0 aliphatic rings. The number of ether oxygens (including phenoxy) is 1. The third-order valence-corrected chi connectivity index (χ3v) is 4.07. The average Bonchev–Trinajstić information content (AvgIpc) is 2.73. The van der Waals surface area contributed by atoms with Gasteiger partial charge in [-0.25, -0.2) is 4.98 Å². The number of pyridine rings is 2. The van der Waals surface area contributed by atoms with Crippen LogP contribution in [-0.4, -0.2) is 29.5 Å². The molecule has 2 aromatic heterocycles. The molecule has 0 fully saturated rings. The van der Waals surface area contributed by atoms with Gasteiger partial charge in [0, 0.05) is 18.9 Å². The first kappa shape index (κ1) is 18.4. The minimum Gasteiger partial charge on any atom is -0.496 e. The number of rotatable bonds is 8. The first-order valence-corrected chi connectivity index (χ1v) is 8.76. The molecule has 0 bridgehead atoms. The van der Waals surface area contributed by atoms with E-state index < -0.39 is 0 Å². The van der Waals surface area contributed by atoms with Gasteiger partial charge in [0.15, 0.2) is 0 Å². The van der Waals surface area contributed by atoms with E-state index >= 15 is 0 Å². The maximum atomic E-state index is 12.2. The second-order valence-electron chi connectivity index (χ2n) is 5.92. The summed E-state index contributed by atoms with van der Waals surface area (Å²) in [5, 5.41) is 6.10. The van der Waals surface area contributed by atoms with E-state index in [9.17, 15) is 4.79 Å². The van der Waals surface area contributed by atoms with Crippen LogP contribution in [0.5, 0.6) is 5.75 Å². The van der Waals surface area contributed by atoms with Gasteiger partial charge < -0.3 is 15.4 Å². The van der Waals surface area contributed by atoms with Crippen LogP contribution < -0.4 is 15.4 Å². The Hall–Kier alpha value is -3.41. The molecular weight excluding hydrogens is 340 g/mol. The van der Waals surface area contributed by atoms with Crippen LogP contribution in [0.2, 0.25) is 0 Å². The van der Waals surface area contributed by atoms with Crippen molar-refractivity contribution < 1.29 is 9.53 Å². The quantitative estimate of drug-likeness (QED) is 0.644. The van der Waals surface area contributed by atoms with E-state index in [0.717, 1.165) is 35.8 Å². The van der Waals surface area contributed by atoms with Crippen LogP contribution >= 0.6 is 0 Å². The molecule has 0 saturated carbocycles. The summed E-state index contributed by atoms with van der Waals surface area (Å²) in [5.74, 6) is 1.44. The van der Waals surface area contributed by atoms with Crippen molar-refractivity contribution in [3.8, 4) is 5.75 Å². The molecule has 6 nitrogen and oxygen atoms in total. The molecule has 1 aromatic carbocycles. The van der Waals surface area contributed by atoms with E-state index in [0.29, 0.717) is 12.1 Å². The van der Waals surface area contributed by atoms with Gasteiger partial charge in [0.25, 0.3) is 5.91 Å². The summed E-state index contributed by atoms with van der Waals surface area (Å²) in [4.78, 5) is 20.7. The number of para-hydroxylation sites is 1. The molecule has 0 aliphatic heterocycles. The second-order valence-corrected chi connectivity index (χ2v) is 5.92. The maximum Gasteiger partial charge on any atom is 0.253 e. The summed E-state index contributed by atoms with van der Waals surface area (Å²) in [6.07, 6.45) is 4.09. The minimum absolute atomic E-state index is 0.172. The van der Waals surface area contributed by atoms with E-state index in [2.05, 4.69) is 20.6 Å². The summed E-state index contributed by atoms with van der Waals surface area (Å²) in [6.45, 7) is 1.11. The van der Waals surface area contributed by atoms with Crippen LogP contribution in [0.1, 0.15) is 21.6 Å². The van der Waals surface area contributed by atoms with E-state index in [-0.39, 0.29) is 5.91 Å². The van der Waals surface area contributed by atoms with Crippen molar-refractivity contribution in [1.29, 1.82) is 0 Å². The van der Waals surface area contributed by atoms with Crippen LogP contribution in [0.3, 0.4) is 0 Å². The highest BCUT2D eigenvalue weighted by molar-refractivity contribution is 5.93. The lowest BCUT2D eigenvalue weighted by molar-refractivity contribution is 0.0950. The van der Waals surface area contributed by atoms with Gasteiger partial charge in [0.05, 0.1) is 24.9 Å². The third-order valence-electron chi connectivity index (χ3n) is 4.07. The Morgan fingerprint density at radius 3 is 2.63 bits per heavy atom. The number of hydrogen-bond acceptors (Lipinski definition) is 5. The number of benzene rings is 1. The molecule has 0 saturated heterocycles. The maximum absolute atomic E-state index is 12.2. The normalized spacial score (nSPS) is 10.3. The van der Waals surface area contributed by atoms with E-state index in [1.165, 1.54) is 0 Å². The molecular formula is C21H22N4O2. The smallest absolute Gasteiger partial charge is 0.253 e. The zero-order valence-corrected chi connectivity index (χ0v) is 15.2. The first-order chi connectivity index (χ1) is 13.3. The van der Waals surface area contributed by atoms with Crippen molar-refractivity contribution in [1.82, 2.24) is 15.3 Å². The molecule has 138 valence electrons. The van der Waals surface area contributed by atoms with Gasteiger partial charge >= 0.3 is 0 Å². The van der Waals surface area contributed by atoms with Crippen molar-refractivity contribution >= 4 is 11.7 Å². The zero-order chi connectivity index (χ0) is 18.9. The number of carbonyl (C=O) groups excluding carboxylic acids is 1. The van der Waals surface area contributed by atoms with Crippen molar-refractivity contribution in [2.75, 3.05) is 19.0 Å². The molecule has 3 rings (SSSR count). The lowest BCUT2D eigenvalue weighted by Gasteiger charge is -2.10. The highest BCUT2D eigenvalue weighted by Gasteiger charge is 2.07. The Labute approximate surface area is 158 Å². The monoisotopic (exact) mass is 362 g/mol. The predicted octanol–water partition coefficient (Wildman–Crippen LogP) is 3.07. The standard InChI is InChI=1S/C21H22N4O2/c1-27-19-8-3-2-6-16(19)11-13-23-20-10-9-17(14-24-20)21(26)25-15-18-7-4-5-12-22-18/h2-10,12,14H,11,13,15H2,1H3,(H,23,24)(H,25,26). The van der Waals surface area contributed by atoms with Crippen molar-refractivity contribution in [2.45, 2.75) is 13.0 Å². The zero-order valence-electron chi connectivity index (χ0n) is 15.2. The molecule has 1 amide bonds. The lowest BCUT2D eigenvalue weighted by Crippen LogP contribution is -2.23. The van der Waals surface area contributed by atoms with E-state index in [1.54, 1.807) is 31.6 Å². The molecule has 2 heterocycles. The molecule has 0 radical (unpaired) electrons. The van der Waals surface area contributed by atoms with Gasteiger partial charge in [-0.3, -0.25) is 9.78 Å². The number of nitrogens with one attached hydrogen (secondary N) is 2. The van der Waals surface area contributed by atoms with Crippen LogP contribution in [0.15, 0.2) is 67.0 Å². The Kier molecular flexibility index (Phi) is 6.35. The molecule has 27 heavy (non-hydrogen) atoms. The Bertz CT molecular complexity index is 867. The first-order valence-electron chi connectivity index (χ1n) is 8.76. The SMILES string of the molecule is COc1ccccc1CCNc1ccc(C(=O)NCc2ccccn2)cn1. The molecule has 0 unspecified atom stereocenters. The van der Waals surface area contributed by atoms with Crippen molar-refractivity contribution in [2.24, 2.45) is 0 Å². The fourth-order valence-electron chi connectivity index (χ4n) is 2.64. The van der Waals surface area contributed by atoms with Crippen molar-refractivity contribution in [3.63, 3.8) is 0 Å². The fourth-order valence-corrected chi connectivity index (χ4v) is 2.64. The summed E-state index contributed by atoms with van der Waals surface area (Å²) in [7, 11) is 1.67. The predicted molar refractivity (Wildman–Crippen MR) is 105 cm³/mol. The Balaban J connectivity index is 1.49. The van der Waals surface area contributed by atoms with E-state index in [1.807, 2.05) is 42.5 Å². The molecule has 0 spiro atoms. The lowest BCUT2D eigenvalue weighted by atomic mass is 10.1. The summed E-state index contributed by atoms with van der Waals surface area (Å²) in [5.41, 5.74) is 2.47. The molecule has 0 aliphatic carbocycles. The number of nitrogens with zero attached hydrogens (tertiary/aromatic N) is 2. The van der Waals surface area contributed by atoms with Crippen molar-refractivity contribution in [3.05, 3.63) is 83.8 Å². The molecule has 6 heteroatoms. The van der Waals surface area contributed by atoms with Gasteiger partial charge in [-0.2, -0.15) is 0 Å². The molecule has 2 N–H and O–H groups in total. The van der Waals surface area contributed by atoms with Gasteiger partial charge in [-0.1, -0.05) is 24.3 Å².